The van der Waals surface area contributed by atoms with Gasteiger partial charge in [0.25, 0.3) is 5.69 Å². The fourth-order valence-corrected chi connectivity index (χ4v) is 3.41. The first-order chi connectivity index (χ1) is 11.5. The first-order valence-electron chi connectivity index (χ1n) is 7.40. The van der Waals surface area contributed by atoms with Gasteiger partial charge in [0, 0.05) is 25.6 Å². The number of nitrogens with zero attached hydrogens (tertiary/aromatic N) is 3. The van der Waals surface area contributed by atoms with Crippen LogP contribution >= 0.6 is 11.3 Å². The van der Waals surface area contributed by atoms with E-state index in [4.69, 9.17) is 0 Å². The molecule has 0 atom stereocenters. The molecular formula is C17H15N3O3S. The van der Waals surface area contributed by atoms with Gasteiger partial charge in [0.05, 0.1) is 15.1 Å². The van der Waals surface area contributed by atoms with Gasteiger partial charge in [-0.25, -0.2) is 0 Å². The van der Waals surface area contributed by atoms with Gasteiger partial charge in [-0.3, -0.25) is 14.9 Å². The molecule has 0 N–H and O–H groups in total. The normalized spacial score (nSPS) is 11.8. The molecule has 0 aliphatic carbocycles. The maximum Gasteiger partial charge on any atom is 0.271 e. The minimum absolute atomic E-state index is 0.0258. The summed E-state index contributed by atoms with van der Waals surface area (Å²) in [5, 5.41) is 10.9. The molecule has 0 saturated carbocycles. The minimum atomic E-state index is -0.432. The Morgan fingerprint density at radius 3 is 2.71 bits per heavy atom. The number of rotatable bonds is 4. The fraction of sp³-hybridized carbons (Fsp3) is 0.176. The summed E-state index contributed by atoms with van der Waals surface area (Å²) < 4.78 is 2.57. The third-order valence-corrected chi connectivity index (χ3v) is 4.81. The predicted octanol–water partition coefficient (Wildman–Crippen LogP) is 3.21. The summed E-state index contributed by atoms with van der Waals surface area (Å²) in [5.74, 6) is -0.199. The molecule has 24 heavy (non-hydrogen) atoms. The number of amides is 1. The number of aryl methyl sites for hydroxylation is 2. The highest BCUT2D eigenvalue weighted by molar-refractivity contribution is 7.16. The number of nitro groups is 1. The van der Waals surface area contributed by atoms with Crippen LogP contribution in [-0.2, 0) is 18.3 Å². The molecule has 3 rings (SSSR count). The Bertz CT molecular complexity index is 974. The number of non-ortho nitro benzene ring substituents is 1. The van der Waals surface area contributed by atoms with Crippen molar-refractivity contribution in [2.45, 2.75) is 12.8 Å². The zero-order chi connectivity index (χ0) is 17.1. The van der Waals surface area contributed by atoms with Crippen LogP contribution in [0, 0.1) is 10.1 Å². The third-order valence-electron chi connectivity index (χ3n) is 3.69. The first kappa shape index (κ1) is 16.1. The summed E-state index contributed by atoms with van der Waals surface area (Å²) in [6, 6.07) is 14.4. The standard InChI is InChI=1S/C17H15N3O3S/c1-19-14-11-13(20(22)23)8-9-15(14)24-17(19)18-16(21)10-7-12-5-3-2-4-6-12/h2-6,8-9,11H,7,10H2,1H3. The van der Waals surface area contributed by atoms with Crippen LogP contribution in [0.4, 0.5) is 5.69 Å². The van der Waals surface area contributed by atoms with Gasteiger partial charge < -0.3 is 4.57 Å². The van der Waals surface area contributed by atoms with E-state index in [0.717, 1.165) is 10.3 Å². The van der Waals surface area contributed by atoms with E-state index in [9.17, 15) is 14.9 Å². The van der Waals surface area contributed by atoms with E-state index < -0.39 is 4.92 Å². The van der Waals surface area contributed by atoms with Crippen molar-refractivity contribution in [1.82, 2.24) is 4.57 Å². The van der Waals surface area contributed by atoms with E-state index in [2.05, 4.69) is 4.99 Å². The molecule has 0 radical (unpaired) electrons. The van der Waals surface area contributed by atoms with Crippen LogP contribution in [0.1, 0.15) is 12.0 Å². The number of carbonyl (C=O) groups excluding carboxylic acids is 1. The number of nitro benzene ring substituents is 1. The monoisotopic (exact) mass is 341 g/mol. The van der Waals surface area contributed by atoms with Crippen molar-refractivity contribution in [2.75, 3.05) is 0 Å². The number of carbonyl (C=O) groups is 1. The van der Waals surface area contributed by atoms with Crippen LogP contribution < -0.4 is 4.80 Å². The highest BCUT2D eigenvalue weighted by Crippen LogP contribution is 2.22. The smallest absolute Gasteiger partial charge is 0.271 e. The molecule has 0 aliphatic heterocycles. The fourth-order valence-electron chi connectivity index (χ4n) is 2.39. The second-order valence-corrected chi connectivity index (χ2v) is 6.35. The molecule has 7 heteroatoms. The Morgan fingerprint density at radius 2 is 2.00 bits per heavy atom. The Morgan fingerprint density at radius 1 is 1.25 bits per heavy atom. The third kappa shape index (κ3) is 3.41. The van der Waals surface area contributed by atoms with Crippen molar-refractivity contribution in [3.8, 4) is 0 Å². The predicted molar refractivity (Wildman–Crippen MR) is 92.8 cm³/mol. The van der Waals surface area contributed by atoms with Crippen molar-refractivity contribution >= 4 is 33.1 Å². The molecule has 6 nitrogen and oxygen atoms in total. The summed E-state index contributed by atoms with van der Waals surface area (Å²) >= 11 is 1.35. The zero-order valence-electron chi connectivity index (χ0n) is 13.0. The molecule has 1 heterocycles. The summed E-state index contributed by atoms with van der Waals surface area (Å²) in [6.45, 7) is 0. The van der Waals surface area contributed by atoms with E-state index >= 15 is 0 Å². The molecule has 0 fully saturated rings. The molecule has 1 aromatic heterocycles. The second-order valence-electron chi connectivity index (χ2n) is 5.34. The van der Waals surface area contributed by atoms with Crippen LogP contribution in [0.15, 0.2) is 53.5 Å². The van der Waals surface area contributed by atoms with Crippen LogP contribution in [0.2, 0.25) is 0 Å². The highest BCUT2D eigenvalue weighted by Gasteiger charge is 2.11. The molecule has 0 saturated heterocycles. The molecular weight excluding hydrogens is 326 g/mol. The summed E-state index contributed by atoms with van der Waals surface area (Å²) in [4.78, 5) is 27.3. The topological polar surface area (TPSA) is 77.5 Å². The molecule has 122 valence electrons. The van der Waals surface area contributed by atoms with Crippen LogP contribution in [-0.4, -0.2) is 15.4 Å². The maximum atomic E-state index is 12.1. The number of fused-ring (bicyclic) bond motifs is 1. The van der Waals surface area contributed by atoms with Crippen LogP contribution in [0.3, 0.4) is 0 Å². The highest BCUT2D eigenvalue weighted by atomic mass is 32.1. The maximum absolute atomic E-state index is 12.1. The van der Waals surface area contributed by atoms with E-state index in [1.54, 1.807) is 17.7 Å². The van der Waals surface area contributed by atoms with Gasteiger partial charge in [-0.2, -0.15) is 4.99 Å². The Labute approximate surface area is 141 Å². The Balaban J connectivity index is 1.85. The zero-order valence-corrected chi connectivity index (χ0v) is 13.8. The van der Waals surface area contributed by atoms with Crippen LogP contribution in [0.5, 0.6) is 0 Å². The number of benzene rings is 2. The molecule has 0 aliphatic rings. The van der Waals surface area contributed by atoms with Crippen molar-refractivity contribution in [3.05, 3.63) is 69.0 Å². The molecule has 1 amide bonds. The van der Waals surface area contributed by atoms with Gasteiger partial charge in [0.15, 0.2) is 4.80 Å². The van der Waals surface area contributed by atoms with E-state index in [1.165, 1.54) is 23.5 Å². The first-order valence-corrected chi connectivity index (χ1v) is 8.22. The van der Waals surface area contributed by atoms with Crippen LogP contribution in [0.25, 0.3) is 10.2 Å². The quantitative estimate of drug-likeness (QED) is 0.540. The summed E-state index contributed by atoms with van der Waals surface area (Å²) in [7, 11) is 1.76. The largest absolute Gasteiger partial charge is 0.319 e. The lowest BCUT2D eigenvalue weighted by Gasteiger charge is -1.98. The van der Waals surface area contributed by atoms with E-state index in [1.807, 2.05) is 30.3 Å². The lowest BCUT2D eigenvalue weighted by molar-refractivity contribution is -0.384. The van der Waals surface area contributed by atoms with Crippen molar-refractivity contribution < 1.29 is 9.72 Å². The molecule has 0 spiro atoms. The van der Waals surface area contributed by atoms with Crippen molar-refractivity contribution in [1.29, 1.82) is 0 Å². The van der Waals surface area contributed by atoms with Crippen molar-refractivity contribution in [2.24, 2.45) is 12.0 Å². The number of aromatic nitrogens is 1. The second kappa shape index (κ2) is 6.76. The summed E-state index contributed by atoms with van der Waals surface area (Å²) in [5.41, 5.74) is 1.82. The van der Waals surface area contributed by atoms with Gasteiger partial charge in [0.2, 0.25) is 5.91 Å². The van der Waals surface area contributed by atoms with Gasteiger partial charge in [-0.15, -0.1) is 0 Å². The minimum Gasteiger partial charge on any atom is -0.319 e. The molecule has 0 unspecified atom stereocenters. The average molecular weight is 341 g/mol. The SMILES string of the molecule is Cn1c(=NC(=O)CCc2ccccc2)sc2ccc([N+](=O)[O-])cc21. The lowest BCUT2D eigenvalue weighted by atomic mass is 10.1. The lowest BCUT2D eigenvalue weighted by Crippen LogP contribution is -2.13. The average Bonchev–Trinajstić information content (AvgIpc) is 2.89. The van der Waals surface area contributed by atoms with Gasteiger partial charge in [0.1, 0.15) is 0 Å². The van der Waals surface area contributed by atoms with Gasteiger partial charge in [-0.1, -0.05) is 41.7 Å². The number of thiazole rings is 1. The van der Waals surface area contributed by atoms with E-state index in [0.29, 0.717) is 23.2 Å². The Hall–Kier alpha value is -2.80. The molecule has 0 bridgehead atoms. The molecule has 2 aromatic carbocycles. The van der Waals surface area contributed by atoms with Gasteiger partial charge in [-0.05, 0) is 18.1 Å². The molecule has 3 aromatic rings. The summed E-state index contributed by atoms with van der Waals surface area (Å²) in [6.07, 6.45) is 0.974. The number of hydrogen-bond acceptors (Lipinski definition) is 4. The Kier molecular flexibility index (Phi) is 4.52. The van der Waals surface area contributed by atoms with Crippen molar-refractivity contribution in [3.63, 3.8) is 0 Å². The van der Waals surface area contributed by atoms with E-state index in [-0.39, 0.29) is 11.6 Å². The van der Waals surface area contributed by atoms with Gasteiger partial charge >= 0.3 is 0 Å². The number of hydrogen-bond donors (Lipinski definition) is 0.